The van der Waals surface area contributed by atoms with Crippen molar-refractivity contribution in [3.8, 4) is 11.3 Å². The predicted octanol–water partition coefficient (Wildman–Crippen LogP) is 5.11. The minimum Gasteiger partial charge on any atom is -0.481 e. The first kappa shape index (κ1) is 20.1. The maximum Gasteiger partial charge on any atom is 0.313 e. The van der Waals surface area contributed by atoms with Crippen molar-refractivity contribution in [1.82, 2.24) is 14.6 Å². The van der Waals surface area contributed by atoms with Crippen molar-refractivity contribution < 1.29 is 9.90 Å². The van der Waals surface area contributed by atoms with Gasteiger partial charge in [0.25, 0.3) is 0 Å². The average molecular weight is 380 g/mol. The van der Waals surface area contributed by atoms with Crippen LogP contribution < -0.4 is 0 Å². The Kier molecular flexibility index (Phi) is 5.54. The van der Waals surface area contributed by atoms with Gasteiger partial charge in [0.1, 0.15) is 0 Å². The summed E-state index contributed by atoms with van der Waals surface area (Å²) in [5.74, 6) is -0.826. The summed E-state index contributed by atoms with van der Waals surface area (Å²) in [5.41, 5.74) is 5.19. The highest BCUT2D eigenvalue weighted by atomic mass is 16.4. The third-order valence-electron chi connectivity index (χ3n) is 5.44. The lowest BCUT2D eigenvalue weighted by molar-refractivity contribution is -0.143. The molecular weight excluding hydrogens is 350 g/mol. The number of hydrogen-bond acceptors (Lipinski definition) is 3. The summed E-state index contributed by atoms with van der Waals surface area (Å²) in [6, 6.07) is 10.2. The number of carboxylic acids is 1. The minimum atomic E-state index is -1.03. The maximum absolute atomic E-state index is 12.4. The Labute approximate surface area is 166 Å². The van der Waals surface area contributed by atoms with Gasteiger partial charge in [0.05, 0.1) is 16.8 Å². The summed E-state index contributed by atoms with van der Waals surface area (Å²) < 4.78 is 1.84. The largest absolute Gasteiger partial charge is 0.481 e. The molecule has 0 aliphatic carbocycles. The highest BCUT2D eigenvalue weighted by Crippen LogP contribution is 2.39. The van der Waals surface area contributed by atoms with Crippen LogP contribution in [0.15, 0.2) is 30.3 Å². The van der Waals surface area contributed by atoms with Gasteiger partial charge in [0.15, 0.2) is 5.65 Å². The zero-order valence-electron chi connectivity index (χ0n) is 17.4. The zero-order chi connectivity index (χ0) is 20.5. The fourth-order valence-electron chi connectivity index (χ4n) is 4.02. The van der Waals surface area contributed by atoms with Crippen LogP contribution in [0.25, 0.3) is 16.9 Å². The molecule has 0 saturated heterocycles. The van der Waals surface area contributed by atoms with Gasteiger partial charge in [-0.3, -0.25) is 4.79 Å². The summed E-state index contributed by atoms with van der Waals surface area (Å²) >= 11 is 0. The van der Waals surface area contributed by atoms with Gasteiger partial charge < -0.3 is 5.11 Å². The Hall–Kier alpha value is -2.69. The highest BCUT2D eigenvalue weighted by molar-refractivity contribution is 5.85. The van der Waals surface area contributed by atoms with Gasteiger partial charge in [-0.15, -0.1) is 0 Å². The molecule has 0 radical (unpaired) electrons. The van der Waals surface area contributed by atoms with E-state index in [-0.39, 0.29) is 0 Å². The summed E-state index contributed by atoms with van der Waals surface area (Å²) in [6.45, 7) is 9.90. The van der Waals surface area contributed by atoms with Gasteiger partial charge in [0, 0.05) is 22.9 Å². The highest BCUT2D eigenvalue weighted by Gasteiger charge is 2.39. The van der Waals surface area contributed by atoms with Crippen molar-refractivity contribution in [2.24, 2.45) is 0 Å². The molecular formula is C23H29N3O2. The van der Waals surface area contributed by atoms with Crippen molar-refractivity contribution in [3.05, 3.63) is 52.8 Å². The summed E-state index contributed by atoms with van der Waals surface area (Å²) in [6.07, 6.45) is 3.18. The van der Waals surface area contributed by atoms with E-state index in [9.17, 15) is 9.90 Å². The number of rotatable bonds is 7. The molecule has 0 saturated carbocycles. The van der Waals surface area contributed by atoms with Crippen molar-refractivity contribution in [2.45, 2.75) is 65.7 Å². The quantitative estimate of drug-likeness (QED) is 0.619. The molecule has 3 aromatic rings. The number of benzene rings is 1. The number of carboxylic acid groups (broad SMARTS) is 1. The number of aryl methyl sites for hydroxylation is 3. The fourth-order valence-corrected chi connectivity index (χ4v) is 4.02. The second kappa shape index (κ2) is 7.74. The Balaban J connectivity index is 2.42. The van der Waals surface area contributed by atoms with E-state index >= 15 is 0 Å². The smallest absolute Gasteiger partial charge is 0.313 e. The summed E-state index contributed by atoms with van der Waals surface area (Å²) in [7, 11) is 0. The Morgan fingerprint density at radius 3 is 2.39 bits per heavy atom. The molecule has 1 N–H and O–H groups in total. The van der Waals surface area contributed by atoms with E-state index in [4.69, 9.17) is 10.1 Å². The van der Waals surface area contributed by atoms with E-state index in [1.165, 1.54) is 0 Å². The number of fused-ring (bicyclic) bond motifs is 1. The van der Waals surface area contributed by atoms with E-state index in [2.05, 4.69) is 19.1 Å². The van der Waals surface area contributed by atoms with Crippen LogP contribution in [-0.2, 0) is 16.6 Å². The van der Waals surface area contributed by atoms with Gasteiger partial charge in [-0.2, -0.15) is 5.10 Å². The van der Waals surface area contributed by atoms with Crippen LogP contribution in [0.5, 0.6) is 0 Å². The van der Waals surface area contributed by atoms with E-state index in [0.29, 0.717) is 6.42 Å². The van der Waals surface area contributed by atoms with Gasteiger partial charge in [-0.05, 0) is 33.6 Å². The lowest BCUT2D eigenvalue weighted by Crippen LogP contribution is -2.34. The lowest BCUT2D eigenvalue weighted by atomic mass is 9.76. The summed E-state index contributed by atoms with van der Waals surface area (Å²) in [4.78, 5) is 17.1. The molecule has 0 aliphatic heterocycles. The molecule has 5 heteroatoms. The topological polar surface area (TPSA) is 67.5 Å². The van der Waals surface area contributed by atoms with E-state index in [1.807, 2.05) is 50.4 Å². The van der Waals surface area contributed by atoms with Crippen molar-refractivity contribution >= 4 is 11.6 Å². The third-order valence-corrected chi connectivity index (χ3v) is 5.44. The molecule has 1 atom stereocenters. The van der Waals surface area contributed by atoms with Crippen LogP contribution in [-0.4, -0.2) is 25.7 Å². The van der Waals surface area contributed by atoms with Crippen LogP contribution in [0.3, 0.4) is 0 Å². The molecule has 2 aromatic heterocycles. The van der Waals surface area contributed by atoms with Crippen molar-refractivity contribution in [1.29, 1.82) is 0 Å². The molecule has 28 heavy (non-hydrogen) atoms. The molecule has 0 fully saturated rings. The van der Waals surface area contributed by atoms with Crippen LogP contribution in [0.2, 0.25) is 0 Å². The molecule has 3 rings (SSSR count). The third kappa shape index (κ3) is 3.41. The molecule has 0 amide bonds. The molecule has 0 spiro atoms. The maximum atomic E-state index is 12.4. The second-order valence-electron chi connectivity index (χ2n) is 7.83. The molecule has 1 aromatic carbocycles. The van der Waals surface area contributed by atoms with Gasteiger partial charge in [0.2, 0.25) is 0 Å². The van der Waals surface area contributed by atoms with Crippen LogP contribution >= 0.6 is 0 Å². The first-order chi connectivity index (χ1) is 13.3. The Bertz CT molecular complexity index is 1000. The van der Waals surface area contributed by atoms with Gasteiger partial charge in [-0.1, -0.05) is 56.5 Å². The standard InChI is InChI=1S/C23H29N3O2/c1-6-8-18-14-19-24-16(4)20(23(5,13-7-2)22(27)28)21(26(19)25-18)17-11-9-15(3)10-12-17/h9-12,14H,6-8,13H2,1-5H3,(H,27,28). The zero-order valence-corrected chi connectivity index (χ0v) is 17.4. The molecule has 0 bridgehead atoms. The van der Waals surface area contributed by atoms with Crippen molar-refractivity contribution in [3.63, 3.8) is 0 Å². The first-order valence-electron chi connectivity index (χ1n) is 10.0. The van der Waals surface area contributed by atoms with Gasteiger partial charge >= 0.3 is 5.97 Å². The Morgan fingerprint density at radius 2 is 1.82 bits per heavy atom. The van der Waals surface area contributed by atoms with E-state index in [0.717, 1.165) is 58.7 Å². The van der Waals surface area contributed by atoms with Gasteiger partial charge in [-0.25, -0.2) is 9.50 Å². The normalized spacial score (nSPS) is 13.6. The fraction of sp³-hybridized carbons (Fsp3) is 0.435. The van der Waals surface area contributed by atoms with Crippen LogP contribution in [0, 0.1) is 13.8 Å². The second-order valence-corrected chi connectivity index (χ2v) is 7.83. The minimum absolute atomic E-state index is 0.540. The van der Waals surface area contributed by atoms with Crippen LogP contribution in [0.4, 0.5) is 0 Å². The molecule has 1 unspecified atom stereocenters. The number of carbonyl (C=O) groups is 1. The predicted molar refractivity (Wildman–Crippen MR) is 112 cm³/mol. The number of aliphatic carboxylic acids is 1. The summed E-state index contributed by atoms with van der Waals surface area (Å²) in [5, 5.41) is 15.0. The molecule has 5 nitrogen and oxygen atoms in total. The van der Waals surface area contributed by atoms with Crippen molar-refractivity contribution in [2.75, 3.05) is 0 Å². The molecule has 148 valence electrons. The molecule has 0 aliphatic rings. The SMILES string of the molecule is CCCc1cc2nc(C)c(C(C)(CCC)C(=O)O)c(-c3ccc(C)cc3)n2n1. The van der Waals surface area contributed by atoms with Crippen LogP contribution in [0.1, 0.15) is 62.5 Å². The number of nitrogens with zero attached hydrogens (tertiary/aromatic N) is 3. The van der Waals surface area contributed by atoms with E-state index < -0.39 is 11.4 Å². The average Bonchev–Trinajstić information content (AvgIpc) is 3.03. The lowest BCUT2D eigenvalue weighted by Gasteiger charge is -2.29. The number of aromatic nitrogens is 3. The van der Waals surface area contributed by atoms with E-state index in [1.54, 1.807) is 0 Å². The monoisotopic (exact) mass is 379 g/mol. The number of hydrogen-bond donors (Lipinski definition) is 1. The Morgan fingerprint density at radius 1 is 1.14 bits per heavy atom. The molecule has 2 heterocycles. The first-order valence-corrected chi connectivity index (χ1v) is 10.0.